The van der Waals surface area contributed by atoms with E-state index in [0.717, 1.165) is 17.8 Å². The van der Waals surface area contributed by atoms with Crippen LogP contribution < -0.4 is 0 Å². The quantitative estimate of drug-likeness (QED) is 0.450. The highest BCUT2D eigenvalue weighted by Gasteiger charge is 2.32. The topological polar surface area (TPSA) is 12.9 Å². The molecule has 0 saturated heterocycles. The van der Waals surface area contributed by atoms with Crippen molar-refractivity contribution >= 4 is 11.3 Å². The summed E-state index contributed by atoms with van der Waals surface area (Å²) in [5, 5.41) is 3.48. The van der Waals surface area contributed by atoms with E-state index >= 15 is 0 Å². The second-order valence-corrected chi connectivity index (χ2v) is 7.93. The van der Waals surface area contributed by atoms with Gasteiger partial charge < -0.3 is 0 Å². The molecule has 0 aliphatic heterocycles. The van der Waals surface area contributed by atoms with Gasteiger partial charge in [0.25, 0.3) is 0 Å². The molecule has 1 fully saturated rings. The average Bonchev–Trinajstić information content (AvgIpc) is 3.12. The van der Waals surface area contributed by atoms with Gasteiger partial charge >= 0.3 is 0 Å². The Labute approximate surface area is 135 Å². The zero-order valence-electron chi connectivity index (χ0n) is 14.0. The molecule has 1 aliphatic carbocycles. The SMILES string of the molecule is CCCCCCCCC1CC(Cc2nccs2)CC1CC. The van der Waals surface area contributed by atoms with Gasteiger partial charge in [-0.2, -0.15) is 0 Å². The van der Waals surface area contributed by atoms with Crippen molar-refractivity contribution < 1.29 is 0 Å². The lowest BCUT2D eigenvalue weighted by Crippen LogP contribution is -2.06. The molecular formula is C19H33NS. The summed E-state index contributed by atoms with van der Waals surface area (Å²) in [5.74, 6) is 2.91. The van der Waals surface area contributed by atoms with Crippen LogP contribution in [0.4, 0.5) is 0 Å². The maximum absolute atomic E-state index is 4.48. The van der Waals surface area contributed by atoms with Gasteiger partial charge in [-0.15, -0.1) is 11.3 Å². The minimum Gasteiger partial charge on any atom is -0.250 e. The van der Waals surface area contributed by atoms with Crippen LogP contribution in [0.25, 0.3) is 0 Å². The molecule has 0 N–H and O–H groups in total. The van der Waals surface area contributed by atoms with Gasteiger partial charge in [0.15, 0.2) is 0 Å². The van der Waals surface area contributed by atoms with Crippen LogP contribution >= 0.6 is 11.3 Å². The first kappa shape index (κ1) is 17.0. The monoisotopic (exact) mass is 307 g/mol. The Morgan fingerprint density at radius 3 is 2.52 bits per heavy atom. The predicted octanol–water partition coefficient (Wildman–Crippen LogP) is 6.49. The number of hydrogen-bond donors (Lipinski definition) is 0. The number of rotatable bonds is 10. The minimum absolute atomic E-state index is 0.909. The lowest BCUT2D eigenvalue weighted by molar-refractivity contribution is 0.342. The van der Waals surface area contributed by atoms with E-state index in [1.807, 2.05) is 17.5 Å². The number of unbranched alkanes of at least 4 members (excludes halogenated alkanes) is 5. The van der Waals surface area contributed by atoms with Crippen molar-refractivity contribution in [1.29, 1.82) is 0 Å². The van der Waals surface area contributed by atoms with Gasteiger partial charge in [-0.05, 0) is 30.6 Å². The molecule has 1 aromatic heterocycles. The first-order chi connectivity index (χ1) is 10.3. The van der Waals surface area contributed by atoms with Crippen molar-refractivity contribution in [3.05, 3.63) is 16.6 Å². The predicted molar refractivity (Wildman–Crippen MR) is 93.8 cm³/mol. The van der Waals surface area contributed by atoms with E-state index in [0.29, 0.717) is 0 Å². The second kappa shape index (κ2) is 9.61. The third kappa shape index (κ3) is 5.73. The molecule has 1 heterocycles. The summed E-state index contributed by atoms with van der Waals surface area (Å²) < 4.78 is 0. The number of aromatic nitrogens is 1. The van der Waals surface area contributed by atoms with E-state index in [9.17, 15) is 0 Å². The van der Waals surface area contributed by atoms with Crippen LogP contribution in [0.1, 0.15) is 83.1 Å². The molecule has 2 heteroatoms. The number of thiazole rings is 1. The van der Waals surface area contributed by atoms with Crippen LogP contribution in [-0.2, 0) is 6.42 Å². The lowest BCUT2D eigenvalue weighted by atomic mass is 9.89. The van der Waals surface area contributed by atoms with Crippen molar-refractivity contribution in [2.24, 2.45) is 17.8 Å². The number of nitrogens with zero attached hydrogens (tertiary/aromatic N) is 1. The molecule has 21 heavy (non-hydrogen) atoms. The molecular weight excluding hydrogens is 274 g/mol. The number of hydrogen-bond acceptors (Lipinski definition) is 2. The molecule has 3 atom stereocenters. The van der Waals surface area contributed by atoms with Crippen LogP contribution in [0, 0.1) is 17.8 Å². The second-order valence-electron chi connectivity index (χ2n) is 6.95. The van der Waals surface area contributed by atoms with E-state index in [-0.39, 0.29) is 0 Å². The van der Waals surface area contributed by atoms with Crippen molar-refractivity contribution in [2.75, 3.05) is 0 Å². The van der Waals surface area contributed by atoms with Crippen LogP contribution in [0.15, 0.2) is 11.6 Å². The van der Waals surface area contributed by atoms with Crippen molar-refractivity contribution in [3.8, 4) is 0 Å². The Kier molecular flexibility index (Phi) is 7.77. The molecule has 0 aromatic carbocycles. The van der Waals surface area contributed by atoms with E-state index < -0.39 is 0 Å². The van der Waals surface area contributed by atoms with Crippen molar-refractivity contribution in [1.82, 2.24) is 4.98 Å². The standard InChI is InChI=1S/C19H33NS/c1-3-5-6-7-8-9-10-18-14-16(13-17(18)4-2)15-19-20-11-12-21-19/h11-12,16-18H,3-10,13-15H2,1-2H3. The Morgan fingerprint density at radius 1 is 1.05 bits per heavy atom. The normalized spacial score (nSPS) is 25.5. The van der Waals surface area contributed by atoms with Gasteiger partial charge in [-0.3, -0.25) is 0 Å². The van der Waals surface area contributed by atoms with Crippen LogP contribution in [0.2, 0.25) is 0 Å². The summed E-state index contributed by atoms with van der Waals surface area (Å²) in [5.41, 5.74) is 0. The minimum atomic E-state index is 0.909. The fraction of sp³-hybridized carbons (Fsp3) is 0.842. The van der Waals surface area contributed by atoms with E-state index in [1.165, 1.54) is 75.6 Å². The van der Waals surface area contributed by atoms with Gasteiger partial charge in [0, 0.05) is 18.0 Å². The zero-order valence-corrected chi connectivity index (χ0v) is 14.8. The van der Waals surface area contributed by atoms with E-state index in [2.05, 4.69) is 24.2 Å². The smallest absolute Gasteiger partial charge is 0.0927 e. The average molecular weight is 308 g/mol. The van der Waals surface area contributed by atoms with Gasteiger partial charge in [0.1, 0.15) is 0 Å². The Balaban J connectivity index is 1.67. The first-order valence-corrected chi connectivity index (χ1v) is 10.1. The maximum Gasteiger partial charge on any atom is 0.0927 e. The molecule has 0 amide bonds. The molecule has 0 spiro atoms. The molecule has 2 rings (SSSR count). The molecule has 1 aromatic rings. The lowest BCUT2D eigenvalue weighted by Gasteiger charge is -2.17. The highest BCUT2D eigenvalue weighted by molar-refractivity contribution is 7.09. The molecule has 1 nitrogen and oxygen atoms in total. The van der Waals surface area contributed by atoms with Gasteiger partial charge in [-0.1, -0.05) is 65.2 Å². The maximum atomic E-state index is 4.48. The summed E-state index contributed by atoms with van der Waals surface area (Å²) >= 11 is 1.84. The molecule has 120 valence electrons. The highest BCUT2D eigenvalue weighted by Crippen LogP contribution is 2.42. The van der Waals surface area contributed by atoms with Crippen LogP contribution in [0.5, 0.6) is 0 Å². The van der Waals surface area contributed by atoms with Crippen LogP contribution in [-0.4, -0.2) is 4.98 Å². The molecule has 1 saturated carbocycles. The Morgan fingerprint density at radius 2 is 1.81 bits per heavy atom. The van der Waals surface area contributed by atoms with E-state index in [1.54, 1.807) is 0 Å². The van der Waals surface area contributed by atoms with Gasteiger partial charge in [0.2, 0.25) is 0 Å². The third-order valence-electron chi connectivity index (χ3n) is 5.34. The fourth-order valence-corrected chi connectivity index (χ4v) is 4.88. The molecule has 0 bridgehead atoms. The molecule has 1 aliphatic rings. The highest BCUT2D eigenvalue weighted by atomic mass is 32.1. The van der Waals surface area contributed by atoms with Crippen molar-refractivity contribution in [2.45, 2.75) is 84.5 Å². The fourth-order valence-electron chi connectivity index (χ4n) is 4.15. The van der Waals surface area contributed by atoms with Crippen molar-refractivity contribution in [3.63, 3.8) is 0 Å². The Hall–Kier alpha value is -0.370. The largest absolute Gasteiger partial charge is 0.250 e. The first-order valence-electron chi connectivity index (χ1n) is 9.21. The van der Waals surface area contributed by atoms with Gasteiger partial charge in [0.05, 0.1) is 5.01 Å². The van der Waals surface area contributed by atoms with E-state index in [4.69, 9.17) is 0 Å². The summed E-state index contributed by atoms with van der Waals surface area (Å²) in [6.07, 6.45) is 17.6. The molecule has 0 radical (unpaired) electrons. The summed E-state index contributed by atoms with van der Waals surface area (Å²) in [6.45, 7) is 4.69. The third-order valence-corrected chi connectivity index (χ3v) is 6.14. The Bertz CT molecular complexity index is 360. The molecule has 3 unspecified atom stereocenters. The summed E-state index contributed by atoms with van der Waals surface area (Å²) in [6, 6.07) is 0. The van der Waals surface area contributed by atoms with Crippen LogP contribution in [0.3, 0.4) is 0 Å². The summed E-state index contributed by atoms with van der Waals surface area (Å²) in [4.78, 5) is 4.48. The zero-order chi connectivity index (χ0) is 14.9. The van der Waals surface area contributed by atoms with Gasteiger partial charge in [-0.25, -0.2) is 4.98 Å². The summed E-state index contributed by atoms with van der Waals surface area (Å²) in [7, 11) is 0.